The molecule has 6 nitrogen and oxygen atoms in total. The van der Waals surface area contributed by atoms with E-state index >= 15 is 0 Å². The van der Waals surface area contributed by atoms with Gasteiger partial charge in [0.1, 0.15) is 5.69 Å². The second-order valence-corrected chi connectivity index (χ2v) is 7.91. The summed E-state index contributed by atoms with van der Waals surface area (Å²) in [5.74, 6) is 0.0667. The summed E-state index contributed by atoms with van der Waals surface area (Å²) in [7, 11) is -3.24. The number of nitrogens with zero attached hydrogens (tertiary/aromatic N) is 3. The average Bonchev–Trinajstić information content (AvgIpc) is 3.00. The summed E-state index contributed by atoms with van der Waals surface area (Å²) < 4.78 is 63.5. The lowest BCUT2D eigenvalue weighted by Crippen LogP contribution is -2.31. The lowest BCUT2D eigenvalue weighted by molar-refractivity contribution is -0.141. The molecule has 1 unspecified atom stereocenters. The Balaban J connectivity index is 1.88. The molecule has 0 bridgehead atoms. The summed E-state index contributed by atoms with van der Waals surface area (Å²) in [6, 6.07) is 0.808. The summed E-state index contributed by atoms with van der Waals surface area (Å²) in [6.07, 6.45) is -1.37. The normalized spacial score (nSPS) is 19.6. The van der Waals surface area contributed by atoms with Crippen molar-refractivity contribution in [1.82, 2.24) is 14.3 Å². The van der Waals surface area contributed by atoms with E-state index < -0.39 is 21.9 Å². The smallest absolute Gasteiger partial charge is 0.354 e. The van der Waals surface area contributed by atoms with Crippen LogP contribution in [0.5, 0.6) is 0 Å². The van der Waals surface area contributed by atoms with Crippen molar-refractivity contribution in [3.63, 3.8) is 0 Å². The fourth-order valence-corrected chi connectivity index (χ4v) is 4.24. The van der Waals surface area contributed by atoms with E-state index in [2.05, 4.69) is 15.3 Å². The molecule has 0 aromatic carbocycles. The van der Waals surface area contributed by atoms with E-state index in [-0.39, 0.29) is 17.6 Å². The fraction of sp³-hybridized carbons (Fsp3) is 0.714. The van der Waals surface area contributed by atoms with Gasteiger partial charge in [-0.1, -0.05) is 13.3 Å². The van der Waals surface area contributed by atoms with Crippen molar-refractivity contribution in [3.8, 4) is 0 Å². The minimum atomic E-state index is -4.52. The third-order valence-corrected chi connectivity index (χ3v) is 5.82. The zero-order valence-corrected chi connectivity index (χ0v) is 14.2. The SMILES string of the molecule is CCCCS(=O)(=O)N1CCC(CNc2nccc(C(F)(F)F)n2)C1. The maximum atomic E-state index is 12.6. The molecule has 10 heteroatoms. The Morgan fingerprint density at radius 2 is 2.17 bits per heavy atom. The van der Waals surface area contributed by atoms with Crippen LogP contribution in [-0.4, -0.2) is 48.1 Å². The number of unbranched alkanes of at least 4 members (excludes halogenated alkanes) is 1. The molecule has 0 saturated carbocycles. The third kappa shape index (κ3) is 5.04. The van der Waals surface area contributed by atoms with Crippen molar-refractivity contribution in [2.75, 3.05) is 30.7 Å². The second kappa shape index (κ2) is 7.64. The van der Waals surface area contributed by atoms with Gasteiger partial charge in [0.25, 0.3) is 0 Å². The zero-order valence-electron chi connectivity index (χ0n) is 13.4. The molecular weight excluding hydrogens is 345 g/mol. The van der Waals surface area contributed by atoms with Crippen LogP contribution in [0.1, 0.15) is 31.9 Å². The largest absolute Gasteiger partial charge is 0.433 e. The second-order valence-electron chi connectivity index (χ2n) is 5.83. The number of halogens is 3. The molecule has 0 amide bonds. The Morgan fingerprint density at radius 1 is 1.42 bits per heavy atom. The summed E-state index contributed by atoms with van der Waals surface area (Å²) in [5.41, 5.74) is -1.00. The van der Waals surface area contributed by atoms with Crippen LogP contribution in [0.25, 0.3) is 0 Å². The Hall–Kier alpha value is -1.42. The molecule has 1 atom stereocenters. The maximum Gasteiger partial charge on any atom is 0.433 e. The van der Waals surface area contributed by atoms with Gasteiger partial charge >= 0.3 is 6.18 Å². The lowest BCUT2D eigenvalue weighted by atomic mass is 10.1. The number of hydrogen-bond acceptors (Lipinski definition) is 5. The van der Waals surface area contributed by atoms with E-state index in [4.69, 9.17) is 0 Å². The van der Waals surface area contributed by atoms with Gasteiger partial charge in [0.15, 0.2) is 0 Å². The van der Waals surface area contributed by atoms with Gasteiger partial charge in [-0.15, -0.1) is 0 Å². The fourth-order valence-electron chi connectivity index (χ4n) is 2.51. The molecule has 0 radical (unpaired) electrons. The van der Waals surface area contributed by atoms with Crippen molar-refractivity contribution < 1.29 is 21.6 Å². The van der Waals surface area contributed by atoms with Gasteiger partial charge in [0.2, 0.25) is 16.0 Å². The van der Waals surface area contributed by atoms with Crippen LogP contribution >= 0.6 is 0 Å². The Morgan fingerprint density at radius 3 is 2.83 bits per heavy atom. The first-order valence-electron chi connectivity index (χ1n) is 7.84. The van der Waals surface area contributed by atoms with Gasteiger partial charge in [0, 0.05) is 25.8 Å². The predicted octanol–water partition coefficient (Wildman–Crippen LogP) is 2.36. The van der Waals surface area contributed by atoms with E-state index in [9.17, 15) is 21.6 Å². The molecule has 24 heavy (non-hydrogen) atoms. The summed E-state index contributed by atoms with van der Waals surface area (Å²) in [4.78, 5) is 7.20. The first-order chi connectivity index (χ1) is 11.2. The lowest BCUT2D eigenvalue weighted by Gasteiger charge is -2.16. The third-order valence-electron chi connectivity index (χ3n) is 3.89. The van der Waals surface area contributed by atoms with Crippen LogP contribution in [0, 0.1) is 5.92 Å². The van der Waals surface area contributed by atoms with Gasteiger partial charge in [-0.2, -0.15) is 13.2 Å². The summed E-state index contributed by atoms with van der Waals surface area (Å²) in [6.45, 7) is 3.09. The molecule has 1 N–H and O–H groups in total. The number of nitrogens with one attached hydrogen (secondary N) is 1. The highest BCUT2D eigenvalue weighted by Crippen LogP contribution is 2.27. The minimum Gasteiger partial charge on any atom is -0.354 e. The number of anilines is 1. The zero-order chi connectivity index (χ0) is 17.8. The number of hydrogen-bond donors (Lipinski definition) is 1. The Bertz CT molecular complexity index is 652. The number of aromatic nitrogens is 2. The Labute approximate surface area is 139 Å². The highest BCUT2D eigenvalue weighted by Gasteiger charge is 2.33. The van der Waals surface area contributed by atoms with Gasteiger partial charge in [-0.25, -0.2) is 22.7 Å². The molecule has 1 aromatic rings. The summed E-state index contributed by atoms with van der Waals surface area (Å²) >= 11 is 0. The number of rotatable bonds is 7. The molecular formula is C14H21F3N4O2S. The molecule has 0 aliphatic carbocycles. The molecule has 2 heterocycles. The maximum absolute atomic E-state index is 12.6. The van der Waals surface area contributed by atoms with Gasteiger partial charge in [-0.3, -0.25) is 0 Å². The molecule has 136 valence electrons. The van der Waals surface area contributed by atoms with Crippen LogP contribution < -0.4 is 5.32 Å². The monoisotopic (exact) mass is 366 g/mol. The highest BCUT2D eigenvalue weighted by molar-refractivity contribution is 7.89. The standard InChI is InChI=1S/C14H21F3N4O2S/c1-2-3-8-24(22,23)21-7-5-11(10-21)9-19-13-18-6-4-12(20-13)14(15,16)17/h4,6,11H,2-3,5,7-10H2,1H3,(H,18,19,20). The van der Waals surface area contributed by atoms with Crippen LogP contribution in [0.3, 0.4) is 0 Å². The van der Waals surface area contributed by atoms with Crippen molar-refractivity contribution in [3.05, 3.63) is 18.0 Å². The highest BCUT2D eigenvalue weighted by atomic mass is 32.2. The molecule has 1 saturated heterocycles. The van der Waals surface area contributed by atoms with E-state index in [1.165, 1.54) is 4.31 Å². The van der Waals surface area contributed by atoms with Crippen molar-refractivity contribution in [1.29, 1.82) is 0 Å². The molecule has 0 spiro atoms. The van der Waals surface area contributed by atoms with Crippen LogP contribution in [-0.2, 0) is 16.2 Å². The number of sulfonamides is 1. The topological polar surface area (TPSA) is 75.2 Å². The molecule has 1 fully saturated rings. The predicted molar refractivity (Wildman–Crippen MR) is 83.9 cm³/mol. The van der Waals surface area contributed by atoms with Gasteiger partial charge in [0.05, 0.1) is 5.75 Å². The molecule has 1 aliphatic heterocycles. The van der Waals surface area contributed by atoms with Gasteiger partial charge in [-0.05, 0) is 24.8 Å². The van der Waals surface area contributed by atoms with E-state index in [1.54, 1.807) is 0 Å². The average molecular weight is 366 g/mol. The first-order valence-corrected chi connectivity index (χ1v) is 9.45. The quantitative estimate of drug-likeness (QED) is 0.802. The Kier molecular flexibility index (Phi) is 6.02. The van der Waals surface area contributed by atoms with Crippen LogP contribution in [0.15, 0.2) is 12.3 Å². The van der Waals surface area contributed by atoms with Crippen molar-refractivity contribution >= 4 is 16.0 Å². The number of alkyl halides is 3. The summed E-state index contributed by atoms with van der Waals surface area (Å²) in [5, 5.41) is 2.77. The van der Waals surface area contributed by atoms with Gasteiger partial charge < -0.3 is 5.32 Å². The van der Waals surface area contributed by atoms with E-state index in [0.717, 1.165) is 18.7 Å². The van der Waals surface area contributed by atoms with Crippen LogP contribution in [0.2, 0.25) is 0 Å². The molecule has 2 rings (SSSR count). The van der Waals surface area contributed by atoms with E-state index in [0.29, 0.717) is 32.5 Å². The van der Waals surface area contributed by atoms with E-state index in [1.807, 2.05) is 6.92 Å². The minimum absolute atomic E-state index is 0.0274. The first kappa shape index (κ1) is 18.9. The molecule has 1 aliphatic rings. The molecule has 1 aromatic heterocycles. The van der Waals surface area contributed by atoms with Crippen molar-refractivity contribution in [2.45, 2.75) is 32.4 Å². The van der Waals surface area contributed by atoms with Crippen molar-refractivity contribution in [2.24, 2.45) is 5.92 Å². The van der Waals surface area contributed by atoms with Crippen LogP contribution in [0.4, 0.5) is 19.1 Å².